The molecule has 1 saturated heterocycles. The van der Waals surface area contributed by atoms with Gasteiger partial charge in [-0.3, -0.25) is 0 Å². The lowest BCUT2D eigenvalue weighted by Crippen LogP contribution is -2.24. The summed E-state index contributed by atoms with van der Waals surface area (Å²) in [5.41, 5.74) is 3.11. The Morgan fingerprint density at radius 2 is 2.05 bits per heavy atom. The molecule has 1 aliphatic heterocycles. The number of hydrogen-bond acceptors (Lipinski definition) is 1. The second-order valence-corrected chi connectivity index (χ2v) is 7.66. The van der Waals surface area contributed by atoms with Gasteiger partial charge in [-0.15, -0.1) is 0 Å². The molecule has 3 rings (SSSR count). The topological polar surface area (TPSA) is 9.23 Å². The van der Waals surface area contributed by atoms with Crippen molar-refractivity contribution in [3.8, 4) is 0 Å². The minimum Gasteiger partial charge on any atom is -0.372 e. The molecule has 0 radical (unpaired) electrons. The molecule has 1 heterocycles. The molecule has 3 unspecified atom stereocenters. The molecule has 0 bridgehead atoms. The number of ether oxygens (including phenoxy) is 1. The van der Waals surface area contributed by atoms with Crippen molar-refractivity contribution in [1.29, 1.82) is 0 Å². The second kappa shape index (κ2) is 5.21. The van der Waals surface area contributed by atoms with Crippen LogP contribution in [0, 0.1) is 5.92 Å². The number of halogens is 1. The highest BCUT2D eigenvalue weighted by Gasteiger charge is 2.36. The van der Waals surface area contributed by atoms with Crippen molar-refractivity contribution in [2.45, 2.75) is 62.5 Å². The van der Waals surface area contributed by atoms with Gasteiger partial charge in [-0.1, -0.05) is 40.2 Å². The third-order valence-electron chi connectivity index (χ3n) is 4.67. The van der Waals surface area contributed by atoms with Gasteiger partial charge < -0.3 is 4.74 Å². The van der Waals surface area contributed by atoms with Crippen LogP contribution in [-0.4, -0.2) is 11.7 Å². The van der Waals surface area contributed by atoms with Crippen molar-refractivity contribution in [2.75, 3.05) is 0 Å². The van der Waals surface area contributed by atoms with Crippen LogP contribution in [0.1, 0.15) is 55.5 Å². The summed E-state index contributed by atoms with van der Waals surface area (Å²) >= 11 is 3.93. The summed E-state index contributed by atoms with van der Waals surface area (Å²) in [7, 11) is 0. The van der Waals surface area contributed by atoms with Crippen molar-refractivity contribution < 1.29 is 4.74 Å². The van der Waals surface area contributed by atoms with Gasteiger partial charge in [0.05, 0.1) is 11.7 Å². The highest BCUT2D eigenvalue weighted by molar-refractivity contribution is 9.09. The van der Waals surface area contributed by atoms with E-state index in [4.69, 9.17) is 4.74 Å². The predicted octanol–water partition coefficient (Wildman–Crippen LogP) is 5.03. The van der Waals surface area contributed by atoms with Crippen molar-refractivity contribution in [1.82, 2.24) is 0 Å². The van der Waals surface area contributed by atoms with E-state index in [1.807, 2.05) is 0 Å². The summed E-state index contributed by atoms with van der Waals surface area (Å²) < 4.78 is 6.17. The van der Waals surface area contributed by atoms with E-state index >= 15 is 0 Å². The number of fused-ring (bicyclic) bond motifs is 1. The highest BCUT2D eigenvalue weighted by Crippen LogP contribution is 2.44. The molecule has 0 saturated carbocycles. The van der Waals surface area contributed by atoms with Crippen molar-refractivity contribution in [3.63, 3.8) is 0 Å². The molecule has 19 heavy (non-hydrogen) atoms. The lowest BCUT2D eigenvalue weighted by atomic mass is 9.81. The van der Waals surface area contributed by atoms with E-state index in [1.165, 1.54) is 43.2 Å². The smallest absolute Gasteiger partial charge is 0.0631 e. The highest BCUT2D eigenvalue weighted by atomic mass is 79.9. The fourth-order valence-corrected chi connectivity index (χ4v) is 4.52. The van der Waals surface area contributed by atoms with E-state index < -0.39 is 0 Å². The van der Waals surface area contributed by atoms with Crippen LogP contribution in [0.5, 0.6) is 0 Å². The molecule has 0 spiro atoms. The van der Waals surface area contributed by atoms with E-state index in [9.17, 15) is 0 Å². The van der Waals surface area contributed by atoms with E-state index in [-0.39, 0.29) is 5.60 Å². The zero-order valence-electron chi connectivity index (χ0n) is 11.9. The molecule has 1 aromatic carbocycles. The van der Waals surface area contributed by atoms with E-state index in [2.05, 4.69) is 54.0 Å². The molecule has 104 valence electrons. The first-order chi connectivity index (χ1) is 9.05. The normalized spacial score (nSPS) is 33.1. The second-order valence-electron chi connectivity index (χ2n) is 6.67. The Balaban J connectivity index is 1.68. The maximum Gasteiger partial charge on any atom is 0.0631 e. The van der Waals surface area contributed by atoms with Gasteiger partial charge in [-0.2, -0.15) is 0 Å². The number of rotatable bonds is 2. The standard InChI is InChI=1S/C17H23BrO/c1-17(2)10-9-14(19-17)11-13-8-7-12-5-3-4-6-15(12)16(13)18/h3-6,13-14,16H,7-11H2,1-2H3. The average molecular weight is 323 g/mol. The summed E-state index contributed by atoms with van der Waals surface area (Å²) in [4.78, 5) is 0.504. The Bertz CT molecular complexity index is 454. The van der Waals surface area contributed by atoms with Crippen LogP contribution in [0.2, 0.25) is 0 Å². The van der Waals surface area contributed by atoms with E-state index in [0.29, 0.717) is 16.8 Å². The molecule has 3 atom stereocenters. The zero-order valence-corrected chi connectivity index (χ0v) is 13.4. The zero-order chi connectivity index (χ0) is 13.5. The third-order valence-corrected chi connectivity index (χ3v) is 5.91. The first kappa shape index (κ1) is 13.6. The molecule has 0 aromatic heterocycles. The molecule has 1 aliphatic carbocycles. The molecule has 1 aromatic rings. The molecule has 0 N–H and O–H groups in total. The van der Waals surface area contributed by atoms with Gasteiger partial charge in [-0.25, -0.2) is 0 Å². The van der Waals surface area contributed by atoms with Crippen molar-refractivity contribution in [2.24, 2.45) is 5.92 Å². The van der Waals surface area contributed by atoms with Gasteiger partial charge >= 0.3 is 0 Å². The maximum absolute atomic E-state index is 6.17. The van der Waals surface area contributed by atoms with Gasteiger partial charge in [0.2, 0.25) is 0 Å². The van der Waals surface area contributed by atoms with Crippen molar-refractivity contribution >= 4 is 15.9 Å². The van der Waals surface area contributed by atoms with Crippen LogP contribution in [0.25, 0.3) is 0 Å². The Kier molecular flexibility index (Phi) is 3.74. The summed E-state index contributed by atoms with van der Waals surface area (Å²) in [5, 5.41) is 0. The summed E-state index contributed by atoms with van der Waals surface area (Å²) in [5.74, 6) is 0.716. The number of alkyl halides is 1. The third kappa shape index (κ3) is 2.90. The van der Waals surface area contributed by atoms with Crippen LogP contribution in [0.15, 0.2) is 24.3 Å². The monoisotopic (exact) mass is 322 g/mol. The molecular weight excluding hydrogens is 300 g/mol. The molecular formula is C17H23BrO. The van der Waals surface area contributed by atoms with Crippen molar-refractivity contribution in [3.05, 3.63) is 35.4 Å². The first-order valence-corrected chi connectivity index (χ1v) is 8.36. The lowest BCUT2D eigenvalue weighted by molar-refractivity contribution is -0.0253. The van der Waals surface area contributed by atoms with Gasteiger partial charge in [0.15, 0.2) is 0 Å². The van der Waals surface area contributed by atoms with Crippen LogP contribution in [-0.2, 0) is 11.2 Å². The maximum atomic E-state index is 6.17. The minimum absolute atomic E-state index is 0.0963. The quantitative estimate of drug-likeness (QED) is 0.693. The molecule has 1 fully saturated rings. The Morgan fingerprint density at radius 3 is 2.79 bits per heavy atom. The number of hydrogen-bond donors (Lipinski definition) is 0. The summed E-state index contributed by atoms with van der Waals surface area (Å²) in [6.45, 7) is 4.43. The molecule has 2 aliphatic rings. The Hall–Kier alpha value is -0.340. The summed E-state index contributed by atoms with van der Waals surface area (Å²) in [6, 6.07) is 8.86. The van der Waals surface area contributed by atoms with Gasteiger partial charge in [0, 0.05) is 4.83 Å². The molecule has 0 amide bonds. The van der Waals surface area contributed by atoms with E-state index in [1.54, 1.807) is 0 Å². The van der Waals surface area contributed by atoms with Crippen LogP contribution in [0.4, 0.5) is 0 Å². The lowest BCUT2D eigenvalue weighted by Gasteiger charge is -2.32. The SMILES string of the molecule is CC1(C)CCC(CC2CCc3ccccc3C2Br)O1. The van der Waals surface area contributed by atoms with Gasteiger partial charge in [-0.05, 0) is 63.0 Å². The first-order valence-electron chi connectivity index (χ1n) is 7.45. The van der Waals surface area contributed by atoms with Gasteiger partial charge in [0.1, 0.15) is 0 Å². The predicted molar refractivity (Wildman–Crippen MR) is 82.7 cm³/mol. The largest absolute Gasteiger partial charge is 0.372 e. The van der Waals surface area contributed by atoms with Crippen LogP contribution < -0.4 is 0 Å². The van der Waals surface area contributed by atoms with Crippen LogP contribution >= 0.6 is 15.9 Å². The summed E-state index contributed by atoms with van der Waals surface area (Å²) in [6.07, 6.45) is 6.60. The van der Waals surface area contributed by atoms with E-state index in [0.717, 1.165) is 0 Å². The Morgan fingerprint density at radius 1 is 1.26 bits per heavy atom. The van der Waals surface area contributed by atoms with Crippen LogP contribution in [0.3, 0.4) is 0 Å². The number of aryl methyl sites for hydroxylation is 1. The Labute approximate surface area is 124 Å². The molecule has 1 nitrogen and oxygen atoms in total. The fourth-order valence-electron chi connectivity index (χ4n) is 3.59. The minimum atomic E-state index is 0.0963. The van der Waals surface area contributed by atoms with Gasteiger partial charge in [0.25, 0.3) is 0 Å². The average Bonchev–Trinajstić information content (AvgIpc) is 2.73. The molecule has 2 heteroatoms. The number of benzene rings is 1. The fraction of sp³-hybridized carbons (Fsp3) is 0.647.